The van der Waals surface area contributed by atoms with Crippen LogP contribution in [0.2, 0.25) is 0 Å². The van der Waals surface area contributed by atoms with Crippen LogP contribution in [0, 0.1) is 5.82 Å². The number of carbonyl (C=O) groups is 1. The van der Waals surface area contributed by atoms with Crippen LogP contribution < -0.4 is 0 Å². The first-order valence-corrected chi connectivity index (χ1v) is 7.08. The van der Waals surface area contributed by atoms with Gasteiger partial charge in [-0.2, -0.15) is 0 Å². The van der Waals surface area contributed by atoms with E-state index in [1.807, 2.05) is 11.8 Å². The van der Waals surface area contributed by atoms with E-state index >= 15 is 0 Å². The Morgan fingerprint density at radius 3 is 2.95 bits per heavy atom. The van der Waals surface area contributed by atoms with E-state index in [2.05, 4.69) is 4.90 Å². The molecule has 0 spiro atoms. The number of nitrogens with zero attached hydrogens (tertiary/aromatic N) is 2. The number of carbonyl (C=O) groups excluding carboxylic acids is 1. The Balaban J connectivity index is 1.75. The number of aromatic hydroxyl groups is 1. The number of hydrogen-bond acceptors (Lipinski definition) is 3. The SMILES string of the molecule is CC(c1ccc(O)cc1F)N1CCN2C(=O)CCC2C1. The topological polar surface area (TPSA) is 43.8 Å². The lowest BCUT2D eigenvalue weighted by atomic mass is 10.0. The van der Waals surface area contributed by atoms with Crippen LogP contribution in [0.5, 0.6) is 5.75 Å². The van der Waals surface area contributed by atoms with E-state index in [9.17, 15) is 14.3 Å². The molecule has 1 amide bonds. The minimum absolute atomic E-state index is 0.0477. The van der Waals surface area contributed by atoms with Crippen LogP contribution in [0.25, 0.3) is 0 Å². The first-order valence-electron chi connectivity index (χ1n) is 7.08. The first-order chi connectivity index (χ1) is 9.56. The van der Waals surface area contributed by atoms with Gasteiger partial charge in [0.05, 0.1) is 0 Å². The Bertz CT molecular complexity index is 535. The summed E-state index contributed by atoms with van der Waals surface area (Å²) in [7, 11) is 0. The van der Waals surface area contributed by atoms with Crippen molar-refractivity contribution in [2.45, 2.75) is 31.8 Å². The van der Waals surface area contributed by atoms with E-state index in [1.54, 1.807) is 6.07 Å². The van der Waals surface area contributed by atoms with E-state index in [0.29, 0.717) is 12.0 Å². The number of amides is 1. The van der Waals surface area contributed by atoms with Crippen molar-refractivity contribution >= 4 is 5.91 Å². The molecule has 108 valence electrons. The quantitative estimate of drug-likeness (QED) is 0.898. The van der Waals surface area contributed by atoms with Gasteiger partial charge in [-0.25, -0.2) is 4.39 Å². The van der Waals surface area contributed by atoms with Crippen LogP contribution in [-0.2, 0) is 4.79 Å². The maximum absolute atomic E-state index is 13.9. The zero-order chi connectivity index (χ0) is 14.3. The van der Waals surface area contributed by atoms with Gasteiger partial charge in [0.2, 0.25) is 5.91 Å². The number of benzene rings is 1. The van der Waals surface area contributed by atoms with Gasteiger partial charge >= 0.3 is 0 Å². The number of rotatable bonds is 2. The molecule has 1 N–H and O–H groups in total. The predicted molar refractivity (Wildman–Crippen MR) is 72.8 cm³/mol. The maximum Gasteiger partial charge on any atom is 0.222 e. The molecule has 20 heavy (non-hydrogen) atoms. The zero-order valence-corrected chi connectivity index (χ0v) is 11.6. The summed E-state index contributed by atoms with van der Waals surface area (Å²) in [4.78, 5) is 15.8. The third-order valence-electron chi connectivity index (χ3n) is 4.51. The van der Waals surface area contributed by atoms with E-state index in [0.717, 1.165) is 32.1 Å². The van der Waals surface area contributed by atoms with Gasteiger partial charge in [0.1, 0.15) is 11.6 Å². The smallest absolute Gasteiger partial charge is 0.222 e. The Kier molecular flexibility index (Phi) is 3.38. The summed E-state index contributed by atoms with van der Waals surface area (Å²) in [5, 5.41) is 9.28. The lowest BCUT2D eigenvalue weighted by Gasteiger charge is -2.40. The molecule has 2 aliphatic rings. The highest BCUT2D eigenvalue weighted by Gasteiger charge is 2.37. The lowest BCUT2D eigenvalue weighted by Crippen LogP contribution is -2.51. The predicted octanol–water partition coefficient (Wildman–Crippen LogP) is 1.90. The molecule has 0 saturated carbocycles. The number of hydrogen-bond donors (Lipinski definition) is 1. The zero-order valence-electron chi connectivity index (χ0n) is 11.6. The second-order valence-electron chi connectivity index (χ2n) is 5.66. The second kappa shape index (κ2) is 5.05. The van der Waals surface area contributed by atoms with Gasteiger partial charge in [-0.3, -0.25) is 9.69 Å². The number of fused-ring (bicyclic) bond motifs is 1. The van der Waals surface area contributed by atoms with Crippen molar-refractivity contribution in [1.29, 1.82) is 0 Å². The standard InChI is InChI=1S/C15H19FN2O2/c1-10(13-4-3-12(19)8-14(13)16)17-6-7-18-11(9-17)2-5-15(18)20/h3-4,8,10-11,19H,2,5-7,9H2,1H3. The fourth-order valence-corrected chi connectivity index (χ4v) is 3.29. The van der Waals surface area contributed by atoms with Crippen LogP contribution in [0.1, 0.15) is 31.4 Å². The number of phenolic OH excluding ortho intramolecular Hbond substituents is 1. The molecule has 1 aromatic rings. The van der Waals surface area contributed by atoms with Crippen LogP contribution in [0.3, 0.4) is 0 Å². The van der Waals surface area contributed by atoms with Gasteiger partial charge in [-0.1, -0.05) is 6.07 Å². The first kappa shape index (κ1) is 13.4. The van der Waals surface area contributed by atoms with Crippen molar-refractivity contribution in [2.75, 3.05) is 19.6 Å². The lowest BCUT2D eigenvalue weighted by molar-refractivity contribution is -0.131. The van der Waals surface area contributed by atoms with Gasteiger partial charge in [0.15, 0.2) is 0 Å². The van der Waals surface area contributed by atoms with Crippen molar-refractivity contribution in [3.05, 3.63) is 29.6 Å². The van der Waals surface area contributed by atoms with Crippen molar-refractivity contribution in [1.82, 2.24) is 9.80 Å². The summed E-state index contributed by atoms with van der Waals surface area (Å²) in [6.45, 7) is 4.27. The molecule has 0 aromatic heterocycles. The molecule has 2 fully saturated rings. The van der Waals surface area contributed by atoms with Crippen molar-refractivity contribution in [3.8, 4) is 5.75 Å². The number of piperazine rings is 1. The molecule has 2 unspecified atom stereocenters. The minimum atomic E-state index is -0.373. The van der Waals surface area contributed by atoms with Crippen molar-refractivity contribution < 1.29 is 14.3 Å². The Hall–Kier alpha value is -1.62. The number of phenols is 1. The van der Waals surface area contributed by atoms with Crippen LogP contribution in [0.4, 0.5) is 4.39 Å². The van der Waals surface area contributed by atoms with E-state index in [1.165, 1.54) is 6.07 Å². The number of halogens is 1. The van der Waals surface area contributed by atoms with Gasteiger partial charge in [0.25, 0.3) is 0 Å². The average molecular weight is 278 g/mol. The molecule has 2 aliphatic heterocycles. The van der Waals surface area contributed by atoms with Gasteiger partial charge in [-0.05, 0) is 19.4 Å². The van der Waals surface area contributed by atoms with Crippen molar-refractivity contribution in [3.63, 3.8) is 0 Å². The third kappa shape index (κ3) is 2.26. The molecular formula is C15H19FN2O2. The van der Waals surface area contributed by atoms with Crippen molar-refractivity contribution in [2.24, 2.45) is 0 Å². The van der Waals surface area contributed by atoms with E-state index in [-0.39, 0.29) is 29.6 Å². The molecule has 2 atom stereocenters. The maximum atomic E-state index is 13.9. The summed E-state index contributed by atoms with van der Waals surface area (Å²) in [6, 6.07) is 4.54. The Morgan fingerprint density at radius 2 is 2.20 bits per heavy atom. The molecule has 0 aliphatic carbocycles. The molecular weight excluding hydrogens is 259 g/mol. The summed E-state index contributed by atoms with van der Waals surface area (Å²) in [5.41, 5.74) is 0.598. The summed E-state index contributed by atoms with van der Waals surface area (Å²) >= 11 is 0. The summed E-state index contributed by atoms with van der Waals surface area (Å²) in [6.07, 6.45) is 1.54. The van der Waals surface area contributed by atoms with Crippen LogP contribution in [0.15, 0.2) is 18.2 Å². The fraction of sp³-hybridized carbons (Fsp3) is 0.533. The fourth-order valence-electron chi connectivity index (χ4n) is 3.29. The van der Waals surface area contributed by atoms with Gasteiger partial charge in [0, 0.05) is 49.8 Å². The molecule has 0 bridgehead atoms. The largest absolute Gasteiger partial charge is 0.508 e. The van der Waals surface area contributed by atoms with Crippen LogP contribution >= 0.6 is 0 Å². The molecule has 5 heteroatoms. The van der Waals surface area contributed by atoms with E-state index in [4.69, 9.17) is 0 Å². The third-order valence-corrected chi connectivity index (χ3v) is 4.51. The molecule has 3 rings (SSSR count). The van der Waals surface area contributed by atoms with Crippen LogP contribution in [-0.4, -0.2) is 46.5 Å². The second-order valence-corrected chi connectivity index (χ2v) is 5.66. The monoisotopic (exact) mass is 278 g/mol. The average Bonchev–Trinajstić information content (AvgIpc) is 2.79. The van der Waals surface area contributed by atoms with E-state index < -0.39 is 0 Å². The molecule has 0 radical (unpaired) electrons. The molecule has 4 nitrogen and oxygen atoms in total. The molecule has 1 aromatic carbocycles. The highest BCUT2D eigenvalue weighted by atomic mass is 19.1. The Labute approximate surface area is 117 Å². The Morgan fingerprint density at radius 1 is 1.40 bits per heavy atom. The molecule has 2 saturated heterocycles. The molecule has 2 heterocycles. The highest BCUT2D eigenvalue weighted by Crippen LogP contribution is 2.30. The summed E-state index contributed by atoms with van der Waals surface area (Å²) in [5.74, 6) is -0.176. The summed E-state index contributed by atoms with van der Waals surface area (Å²) < 4.78 is 13.9. The normalized spacial score (nSPS) is 24.8. The minimum Gasteiger partial charge on any atom is -0.508 e. The van der Waals surface area contributed by atoms with Gasteiger partial charge < -0.3 is 10.0 Å². The van der Waals surface area contributed by atoms with Gasteiger partial charge in [-0.15, -0.1) is 0 Å². The highest BCUT2D eigenvalue weighted by molar-refractivity contribution is 5.78.